The smallest absolute Gasteiger partial charge is 0.226 e. The van der Waals surface area contributed by atoms with Crippen molar-refractivity contribution in [2.45, 2.75) is 128 Å². The highest BCUT2D eigenvalue weighted by Gasteiger charge is 2.21. The molecule has 0 aliphatic rings. The van der Waals surface area contributed by atoms with Crippen molar-refractivity contribution in [3.8, 4) is 44.6 Å². The number of nitrogens with zero attached hydrogens (tertiary/aromatic N) is 10. The molecule has 0 saturated heterocycles. The van der Waals surface area contributed by atoms with Crippen molar-refractivity contribution in [1.29, 1.82) is 0 Å². The van der Waals surface area contributed by atoms with Gasteiger partial charge in [0, 0.05) is 170 Å². The number of amides is 4. The molecule has 0 unspecified atom stereocenters. The van der Waals surface area contributed by atoms with Crippen molar-refractivity contribution in [2.24, 2.45) is 0 Å². The molecule has 22 nitrogen and oxygen atoms in total. The summed E-state index contributed by atoms with van der Waals surface area (Å²) in [4.78, 5) is 113. The lowest BCUT2D eigenvalue weighted by Gasteiger charge is -2.18. The normalized spacial score (nSPS) is 10.7. The van der Waals surface area contributed by atoms with Crippen LogP contribution in [0.3, 0.4) is 0 Å². The van der Waals surface area contributed by atoms with Gasteiger partial charge in [-0.2, -0.15) is 0 Å². The highest BCUT2D eigenvalue weighted by Crippen LogP contribution is 2.34. The third kappa shape index (κ3) is 21.0. The molecule has 12 rings (SSSR count). The Labute approximate surface area is 656 Å². The molecule has 12 aromatic rings. The number of hydrogen-bond donors (Lipinski definition) is 0. The van der Waals surface area contributed by atoms with E-state index in [4.69, 9.17) is 29.7 Å². The standard InChI is InChI=1S/C23H24N2O3.C22H21ClN2O3.2C22H23N3O3/c1-5-23(27)25(4)20-10-11-21(15(2)12-20)17-6-8-18(9-7-17)22(26)13-19-14-24-28-16(19)3;1-4-22(27)25(3)18-9-10-19(20(23)12-18)15-5-7-16(8-6-15)21(26)11-17-13-24-28-14(17)2;1-5-22(27)25(4)18-7-8-19(14(2)10-18)20-9-6-16(12-23-20)21(26)11-17-13-24-28-15(17)3;1-5-22(27)25(4)18-7-8-19(14(2)10-18)16-6-9-20(23-12-16)21(26)11-17-13-24-28-15(17)3/h6-12,14H,5,13H2,1-4H3;5-10,12-13H,4,11H2,1-3H3;2*6-10,12-13H,5,11H2,1-4H3. The predicted octanol–water partition coefficient (Wildman–Crippen LogP) is 18.2. The van der Waals surface area contributed by atoms with Crippen molar-refractivity contribution in [1.82, 2.24) is 30.6 Å². The molecule has 0 spiro atoms. The maximum absolute atomic E-state index is 12.5. The molecular formula is C89H91ClN10O12. The van der Waals surface area contributed by atoms with E-state index in [-0.39, 0.29) is 72.4 Å². The third-order valence-electron chi connectivity index (χ3n) is 19.4. The molecular weight excluding hydrogens is 1440 g/mol. The van der Waals surface area contributed by atoms with Crippen LogP contribution in [0.2, 0.25) is 5.02 Å². The van der Waals surface area contributed by atoms with E-state index in [9.17, 15) is 38.4 Å². The van der Waals surface area contributed by atoms with Gasteiger partial charge >= 0.3 is 0 Å². The maximum atomic E-state index is 12.5. The molecule has 0 N–H and O–H groups in total. The maximum Gasteiger partial charge on any atom is 0.226 e. The van der Waals surface area contributed by atoms with Gasteiger partial charge in [-0.05, 0) is 154 Å². The quantitative estimate of drug-likeness (QED) is 0.0508. The van der Waals surface area contributed by atoms with Gasteiger partial charge in [0.25, 0.3) is 0 Å². The predicted molar refractivity (Wildman–Crippen MR) is 434 cm³/mol. The summed E-state index contributed by atoms with van der Waals surface area (Å²) in [6.45, 7) is 20.5. The Hall–Kier alpha value is -12.7. The number of anilines is 4. The van der Waals surface area contributed by atoms with E-state index in [0.717, 1.165) is 106 Å². The van der Waals surface area contributed by atoms with Crippen LogP contribution in [0.15, 0.2) is 201 Å². The van der Waals surface area contributed by atoms with Crippen LogP contribution >= 0.6 is 11.6 Å². The van der Waals surface area contributed by atoms with Crippen LogP contribution in [0.1, 0.15) is 157 Å². The SMILES string of the molecule is CCC(=O)N(C)c1ccc(-c2ccc(C(=O)Cc3cnoc3C)cc2)c(C)c1.CCC(=O)N(C)c1ccc(-c2ccc(C(=O)Cc3cnoc3C)cc2)c(Cl)c1.CCC(=O)N(C)c1ccc(-c2ccc(C(=O)Cc3cnoc3C)cn2)c(C)c1.CCC(=O)N(C)c1ccc(-c2ccc(C(=O)Cc3cnoc3C)nc2)c(C)c1. The molecule has 576 valence electrons. The number of aromatic nitrogens is 6. The molecule has 0 saturated carbocycles. The number of benzene rings is 6. The van der Waals surface area contributed by atoms with Crippen LogP contribution < -0.4 is 19.6 Å². The van der Waals surface area contributed by atoms with Gasteiger partial charge in [-0.1, -0.05) is 139 Å². The summed E-state index contributed by atoms with van der Waals surface area (Å²) in [6.07, 6.45) is 12.4. The Morgan fingerprint density at radius 3 is 0.946 bits per heavy atom. The lowest BCUT2D eigenvalue weighted by Crippen LogP contribution is -2.25. The highest BCUT2D eigenvalue weighted by molar-refractivity contribution is 6.33. The molecule has 0 radical (unpaired) electrons. The summed E-state index contributed by atoms with van der Waals surface area (Å²) in [5, 5.41) is 15.4. The first kappa shape index (κ1) is 83.4. The molecule has 4 amide bonds. The summed E-state index contributed by atoms with van der Waals surface area (Å²) in [5.74, 6) is 2.79. The largest absolute Gasteiger partial charge is 0.361 e. The highest BCUT2D eigenvalue weighted by atomic mass is 35.5. The number of pyridine rings is 2. The Balaban J connectivity index is 0.000000171. The van der Waals surface area contributed by atoms with E-state index in [2.05, 4.69) is 30.6 Å². The number of carbonyl (C=O) groups is 8. The lowest BCUT2D eigenvalue weighted by atomic mass is 9.97. The fraction of sp³-hybridized carbons (Fsp3) is 0.258. The van der Waals surface area contributed by atoms with E-state index in [1.165, 1.54) is 0 Å². The number of carbonyl (C=O) groups excluding carboxylic acids is 8. The van der Waals surface area contributed by atoms with Crippen LogP contribution in [0, 0.1) is 48.5 Å². The van der Waals surface area contributed by atoms with Gasteiger partial charge in [-0.25, -0.2) is 0 Å². The first-order valence-corrected chi connectivity index (χ1v) is 37.0. The summed E-state index contributed by atoms with van der Waals surface area (Å²) < 4.78 is 20.0. The van der Waals surface area contributed by atoms with Crippen LogP contribution in [0.25, 0.3) is 44.6 Å². The molecule has 0 aliphatic heterocycles. The van der Waals surface area contributed by atoms with Crippen LogP contribution in [0.5, 0.6) is 0 Å². The Morgan fingerprint density at radius 1 is 0.321 bits per heavy atom. The second-order valence-electron chi connectivity index (χ2n) is 26.9. The first-order valence-electron chi connectivity index (χ1n) is 36.7. The Morgan fingerprint density at radius 2 is 0.634 bits per heavy atom. The van der Waals surface area contributed by atoms with Gasteiger partial charge in [0.15, 0.2) is 23.1 Å². The average Bonchev–Trinajstić information content (AvgIpc) is 0.999. The average molecular weight is 1530 g/mol. The molecule has 0 bridgehead atoms. The number of hydrogen-bond acceptors (Lipinski definition) is 18. The summed E-state index contributed by atoms with van der Waals surface area (Å²) in [6, 6.07) is 45.4. The Bertz CT molecular complexity index is 4690. The van der Waals surface area contributed by atoms with Crippen LogP contribution in [-0.4, -0.2) is 106 Å². The van der Waals surface area contributed by atoms with Crippen LogP contribution in [0.4, 0.5) is 22.7 Å². The van der Waals surface area contributed by atoms with E-state index in [0.29, 0.717) is 76.1 Å². The van der Waals surface area contributed by atoms with Crippen molar-refractivity contribution in [2.75, 3.05) is 47.8 Å². The van der Waals surface area contributed by atoms with Crippen molar-refractivity contribution in [3.05, 3.63) is 272 Å². The van der Waals surface area contributed by atoms with E-state index in [1.54, 1.807) is 143 Å². The van der Waals surface area contributed by atoms with Gasteiger partial charge in [0.1, 0.15) is 28.7 Å². The molecule has 6 aromatic carbocycles. The molecule has 0 aliphatic carbocycles. The van der Waals surface area contributed by atoms with E-state index >= 15 is 0 Å². The molecule has 6 aromatic heterocycles. The number of ketones is 4. The zero-order valence-electron chi connectivity index (χ0n) is 65.7. The molecule has 112 heavy (non-hydrogen) atoms. The second-order valence-corrected chi connectivity index (χ2v) is 27.3. The lowest BCUT2D eigenvalue weighted by molar-refractivity contribution is -0.118. The topological polar surface area (TPSA) is 279 Å². The minimum atomic E-state index is -0.0791. The molecule has 6 heterocycles. The first-order chi connectivity index (χ1) is 53.6. The van der Waals surface area contributed by atoms with Gasteiger partial charge < -0.3 is 37.7 Å². The summed E-state index contributed by atoms with van der Waals surface area (Å²) in [7, 11) is 7.07. The van der Waals surface area contributed by atoms with Gasteiger partial charge in [0.2, 0.25) is 23.6 Å². The number of halogens is 1. The van der Waals surface area contributed by atoms with Gasteiger partial charge in [-0.15, -0.1) is 0 Å². The van der Waals surface area contributed by atoms with Crippen molar-refractivity contribution < 1.29 is 56.4 Å². The minimum Gasteiger partial charge on any atom is -0.361 e. The fourth-order valence-electron chi connectivity index (χ4n) is 12.1. The second kappa shape index (κ2) is 38.6. The van der Waals surface area contributed by atoms with Crippen LogP contribution in [-0.2, 0) is 44.9 Å². The van der Waals surface area contributed by atoms with E-state index < -0.39 is 0 Å². The number of Topliss-reactive ketones (excluding diaryl/α,β-unsaturated/α-hetero) is 4. The summed E-state index contributed by atoms with van der Waals surface area (Å²) in [5.41, 5.74) is 19.4. The number of aryl methyl sites for hydroxylation is 7. The third-order valence-corrected chi connectivity index (χ3v) is 19.7. The van der Waals surface area contributed by atoms with Crippen molar-refractivity contribution >= 4 is 81.1 Å². The van der Waals surface area contributed by atoms with Crippen molar-refractivity contribution in [3.63, 3.8) is 0 Å². The van der Waals surface area contributed by atoms with Gasteiger partial charge in [-0.3, -0.25) is 48.3 Å². The molecule has 0 atom stereocenters. The van der Waals surface area contributed by atoms with E-state index in [1.807, 2.05) is 164 Å². The Kier molecular flexibility index (Phi) is 28.7. The minimum absolute atomic E-state index is 0.000928. The molecule has 23 heteroatoms. The zero-order chi connectivity index (χ0) is 81.0. The number of rotatable bonds is 24. The monoisotopic (exact) mass is 1530 g/mol. The molecule has 0 fully saturated rings. The fourth-order valence-corrected chi connectivity index (χ4v) is 12.4. The summed E-state index contributed by atoms with van der Waals surface area (Å²) >= 11 is 6.45. The zero-order valence-corrected chi connectivity index (χ0v) is 66.5. The van der Waals surface area contributed by atoms with Gasteiger partial charge in [0.05, 0.1) is 35.5 Å².